The molecule has 1 aromatic heterocycles. The molecule has 2 heterocycles. The van der Waals surface area contributed by atoms with Crippen LogP contribution in [0.15, 0.2) is 35.1 Å². The molecule has 1 saturated heterocycles. The lowest BCUT2D eigenvalue weighted by Gasteiger charge is -2.30. The monoisotopic (exact) mass is 394 g/mol. The lowest BCUT2D eigenvalue weighted by Crippen LogP contribution is -2.51. The van der Waals surface area contributed by atoms with Crippen LogP contribution in [0.4, 0.5) is 13.2 Å². The van der Waals surface area contributed by atoms with Crippen LogP contribution in [0.5, 0.6) is 0 Å². The average molecular weight is 394 g/mol. The van der Waals surface area contributed by atoms with E-state index in [-0.39, 0.29) is 23.3 Å². The summed E-state index contributed by atoms with van der Waals surface area (Å²) in [5, 5.41) is 10.0. The van der Waals surface area contributed by atoms with E-state index in [2.05, 4.69) is 15.7 Å². The molecule has 0 aliphatic carbocycles. The number of carbonyl (C=O) groups excluding carboxylic acids is 1. The highest BCUT2D eigenvalue weighted by Crippen LogP contribution is 2.30. The fourth-order valence-electron chi connectivity index (χ4n) is 3.20. The number of halogens is 3. The van der Waals surface area contributed by atoms with Gasteiger partial charge in [-0.2, -0.15) is 18.3 Å². The maximum Gasteiger partial charge on any atom is 0.416 e. The maximum atomic E-state index is 13.0. The molecule has 3 rings (SSSR count). The molecule has 1 amide bonds. The quantitative estimate of drug-likeness (QED) is 0.838. The first-order chi connectivity index (χ1) is 13.2. The molecule has 1 fully saturated rings. The van der Waals surface area contributed by atoms with E-state index < -0.39 is 23.1 Å². The van der Waals surface area contributed by atoms with E-state index in [1.54, 1.807) is 6.92 Å². The predicted octanol–water partition coefficient (Wildman–Crippen LogP) is 2.29. The lowest BCUT2D eigenvalue weighted by atomic mass is 9.95. The highest BCUT2D eigenvalue weighted by Gasteiger charge is 2.31. The Morgan fingerprint density at radius 1 is 1.32 bits per heavy atom. The van der Waals surface area contributed by atoms with Gasteiger partial charge in [-0.15, -0.1) is 0 Å². The molecule has 150 valence electrons. The highest BCUT2D eigenvalue weighted by atomic mass is 19.4. The Morgan fingerprint density at radius 3 is 2.75 bits per heavy atom. The van der Waals surface area contributed by atoms with Gasteiger partial charge in [-0.25, -0.2) is 4.68 Å². The van der Waals surface area contributed by atoms with E-state index >= 15 is 0 Å². The third-order valence-electron chi connectivity index (χ3n) is 4.88. The number of carbonyl (C=O) groups is 1. The van der Waals surface area contributed by atoms with Crippen LogP contribution < -0.4 is 16.1 Å². The first-order valence-electron chi connectivity index (χ1n) is 8.97. The Balaban J connectivity index is 1.95. The van der Waals surface area contributed by atoms with Gasteiger partial charge in [-0.3, -0.25) is 9.59 Å². The largest absolute Gasteiger partial charge is 0.416 e. The third-order valence-corrected chi connectivity index (χ3v) is 4.88. The summed E-state index contributed by atoms with van der Waals surface area (Å²) in [4.78, 5) is 24.9. The smallest absolute Gasteiger partial charge is 0.346 e. The number of hydrogen-bond acceptors (Lipinski definition) is 4. The molecule has 1 aromatic carbocycles. The van der Waals surface area contributed by atoms with Gasteiger partial charge in [0, 0.05) is 24.3 Å². The first-order valence-corrected chi connectivity index (χ1v) is 8.97. The van der Waals surface area contributed by atoms with Crippen molar-refractivity contribution >= 4 is 5.91 Å². The molecule has 0 saturated carbocycles. The number of rotatable bonds is 3. The van der Waals surface area contributed by atoms with Crippen molar-refractivity contribution in [2.75, 3.05) is 13.1 Å². The van der Waals surface area contributed by atoms with Crippen molar-refractivity contribution in [2.24, 2.45) is 5.92 Å². The van der Waals surface area contributed by atoms with E-state index in [0.717, 1.165) is 25.1 Å². The molecule has 1 aliphatic rings. The van der Waals surface area contributed by atoms with E-state index in [1.165, 1.54) is 22.9 Å². The molecule has 2 unspecified atom stereocenters. The van der Waals surface area contributed by atoms with E-state index in [0.29, 0.717) is 12.2 Å². The van der Waals surface area contributed by atoms with E-state index in [1.807, 2.05) is 6.92 Å². The maximum absolute atomic E-state index is 13.0. The zero-order valence-electron chi connectivity index (χ0n) is 15.5. The van der Waals surface area contributed by atoms with Crippen molar-refractivity contribution in [2.45, 2.75) is 32.5 Å². The zero-order valence-corrected chi connectivity index (χ0v) is 15.5. The lowest BCUT2D eigenvalue weighted by molar-refractivity contribution is -0.137. The number of amides is 1. The van der Waals surface area contributed by atoms with Crippen molar-refractivity contribution in [1.82, 2.24) is 20.4 Å². The summed E-state index contributed by atoms with van der Waals surface area (Å²) in [7, 11) is 0. The van der Waals surface area contributed by atoms with E-state index in [4.69, 9.17) is 0 Å². The fourth-order valence-corrected chi connectivity index (χ4v) is 3.20. The first kappa shape index (κ1) is 20.1. The van der Waals surface area contributed by atoms with Crippen molar-refractivity contribution in [3.63, 3.8) is 0 Å². The molecule has 2 aromatic rings. The van der Waals surface area contributed by atoms with Crippen molar-refractivity contribution in [1.29, 1.82) is 0 Å². The molecule has 0 spiro atoms. The van der Waals surface area contributed by atoms with Crippen LogP contribution >= 0.6 is 0 Å². The second kappa shape index (κ2) is 7.75. The molecular formula is C19H21F3N4O2. The molecule has 2 N–H and O–H groups in total. The van der Waals surface area contributed by atoms with Crippen molar-refractivity contribution in [3.8, 4) is 5.69 Å². The fraction of sp³-hybridized carbons (Fsp3) is 0.421. The number of alkyl halides is 3. The summed E-state index contributed by atoms with van der Waals surface area (Å²) in [5.74, 6) is -0.396. The summed E-state index contributed by atoms with van der Waals surface area (Å²) >= 11 is 0. The molecule has 0 bridgehead atoms. The number of aromatic nitrogens is 2. The molecule has 6 nitrogen and oxygen atoms in total. The summed E-state index contributed by atoms with van der Waals surface area (Å²) in [6.07, 6.45) is -3.62. The number of hydrogen-bond donors (Lipinski definition) is 2. The predicted molar refractivity (Wildman–Crippen MR) is 97.5 cm³/mol. The normalized spacial score (nSPS) is 20.0. The van der Waals surface area contributed by atoms with Crippen LogP contribution in [0.2, 0.25) is 0 Å². The van der Waals surface area contributed by atoms with Crippen LogP contribution in [0.1, 0.15) is 35.1 Å². The number of aryl methyl sites for hydroxylation is 1. The third kappa shape index (κ3) is 4.24. The van der Waals surface area contributed by atoms with Gasteiger partial charge < -0.3 is 10.6 Å². The Morgan fingerprint density at radius 2 is 2.07 bits per heavy atom. The Hall–Kier alpha value is -2.68. The van der Waals surface area contributed by atoms with Gasteiger partial charge in [0.2, 0.25) is 5.43 Å². The summed E-state index contributed by atoms with van der Waals surface area (Å²) in [5.41, 5.74) is -1.31. The highest BCUT2D eigenvalue weighted by molar-refractivity contribution is 5.92. The van der Waals surface area contributed by atoms with Gasteiger partial charge in [-0.05, 0) is 44.0 Å². The summed E-state index contributed by atoms with van der Waals surface area (Å²) in [6, 6.07) is 5.63. The van der Waals surface area contributed by atoms with Gasteiger partial charge in [-0.1, -0.05) is 13.0 Å². The Kier molecular flexibility index (Phi) is 5.55. The molecule has 1 aliphatic heterocycles. The van der Waals surface area contributed by atoms with Crippen LogP contribution in [-0.2, 0) is 6.18 Å². The second-order valence-corrected chi connectivity index (χ2v) is 7.01. The number of benzene rings is 1. The van der Waals surface area contributed by atoms with Crippen LogP contribution in [0.25, 0.3) is 5.69 Å². The molecular weight excluding hydrogens is 373 g/mol. The van der Waals surface area contributed by atoms with Gasteiger partial charge in [0.15, 0.2) is 5.69 Å². The van der Waals surface area contributed by atoms with Crippen LogP contribution in [-0.4, -0.2) is 34.8 Å². The Labute approximate surface area is 159 Å². The molecule has 0 radical (unpaired) electrons. The minimum absolute atomic E-state index is 0.120. The molecule has 28 heavy (non-hydrogen) atoms. The number of nitrogens with zero attached hydrogens (tertiary/aromatic N) is 2. The average Bonchev–Trinajstić information content (AvgIpc) is 2.63. The number of nitrogens with one attached hydrogen (secondary N) is 2. The number of piperidine rings is 1. The van der Waals surface area contributed by atoms with E-state index in [9.17, 15) is 22.8 Å². The SMILES string of the molecule is Cc1cc(=O)c(C(=O)NC2CNCCC2C)nn1-c1cccc(C(F)(F)F)c1. The van der Waals surface area contributed by atoms with Crippen LogP contribution in [0.3, 0.4) is 0 Å². The minimum Gasteiger partial charge on any atom is -0.346 e. The van der Waals surface area contributed by atoms with Gasteiger partial charge in [0.25, 0.3) is 5.91 Å². The standard InChI is InChI=1S/C19H21F3N4O2/c1-11-6-7-23-10-15(11)24-18(28)17-16(27)8-12(2)26(25-17)14-5-3-4-13(9-14)19(20,21)22/h3-5,8-9,11,15,23H,6-7,10H2,1-2H3,(H,24,28). The van der Waals surface area contributed by atoms with Gasteiger partial charge in [0.1, 0.15) is 0 Å². The topological polar surface area (TPSA) is 76.0 Å². The second-order valence-electron chi connectivity index (χ2n) is 7.01. The zero-order chi connectivity index (χ0) is 20.5. The Bertz CT molecular complexity index is 940. The van der Waals surface area contributed by atoms with Gasteiger partial charge >= 0.3 is 6.18 Å². The minimum atomic E-state index is -4.51. The summed E-state index contributed by atoms with van der Waals surface area (Å²) in [6.45, 7) is 5.00. The van der Waals surface area contributed by atoms with Gasteiger partial charge in [0.05, 0.1) is 11.3 Å². The van der Waals surface area contributed by atoms with Crippen molar-refractivity contribution < 1.29 is 18.0 Å². The van der Waals surface area contributed by atoms with Crippen molar-refractivity contribution in [3.05, 3.63) is 57.5 Å². The molecule has 2 atom stereocenters. The summed E-state index contributed by atoms with van der Waals surface area (Å²) < 4.78 is 40.2. The molecule has 9 heteroatoms. The van der Waals surface area contributed by atoms with Crippen LogP contribution in [0, 0.1) is 12.8 Å².